The van der Waals surface area contributed by atoms with E-state index in [-0.39, 0.29) is 0 Å². The second-order valence-electron chi connectivity index (χ2n) is 3.33. The van der Waals surface area contributed by atoms with Gasteiger partial charge in [-0.25, -0.2) is 0 Å². The maximum atomic E-state index is 11.5. The van der Waals surface area contributed by atoms with Crippen LogP contribution in [-0.2, 0) is 4.79 Å². The molecule has 1 atom stereocenters. The van der Waals surface area contributed by atoms with Crippen LogP contribution in [0.2, 0.25) is 0 Å². The fraction of sp³-hybridized carbons (Fsp3) is 0.273. The number of aryl methyl sites for hydroxylation is 1. The van der Waals surface area contributed by atoms with Crippen molar-refractivity contribution >= 4 is 11.7 Å². The molecule has 0 spiro atoms. The van der Waals surface area contributed by atoms with Gasteiger partial charge in [0.25, 0.3) is 0 Å². The summed E-state index contributed by atoms with van der Waals surface area (Å²) < 4.78 is 0. The Morgan fingerprint density at radius 1 is 1.27 bits per heavy atom. The normalized spacial score (nSPS) is 11.9. The van der Waals surface area contributed by atoms with Gasteiger partial charge < -0.3 is 10.4 Å². The van der Waals surface area contributed by atoms with Gasteiger partial charge in [0.2, 0.25) is 11.7 Å². The van der Waals surface area contributed by atoms with Crippen molar-refractivity contribution in [2.45, 2.75) is 20.1 Å². The second kappa shape index (κ2) is 4.70. The number of hydrogen-bond acceptors (Lipinski definition) is 3. The van der Waals surface area contributed by atoms with Gasteiger partial charge in [0.05, 0.1) is 0 Å². The van der Waals surface area contributed by atoms with Gasteiger partial charge in [-0.3, -0.25) is 9.59 Å². The molecule has 0 unspecified atom stereocenters. The number of carbonyl (C=O) groups excluding carboxylic acids is 2. The highest BCUT2D eigenvalue weighted by Crippen LogP contribution is 2.05. The summed E-state index contributed by atoms with van der Waals surface area (Å²) in [4.78, 5) is 22.1. The molecule has 0 aliphatic carbocycles. The predicted molar refractivity (Wildman–Crippen MR) is 55.3 cm³/mol. The summed E-state index contributed by atoms with van der Waals surface area (Å²) in [6.45, 7) is 3.14. The van der Waals surface area contributed by atoms with Crippen LogP contribution in [-0.4, -0.2) is 23.0 Å². The van der Waals surface area contributed by atoms with E-state index in [0.717, 1.165) is 5.56 Å². The zero-order valence-electron chi connectivity index (χ0n) is 8.65. The van der Waals surface area contributed by atoms with Gasteiger partial charge in [0.15, 0.2) is 6.23 Å². The Morgan fingerprint density at radius 2 is 1.80 bits per heavy atom. The molecule has 0 bridgehead atoms. The van der Waals surface area contributed by atoms with Crippen LogP contribution in [0.5, 0.6) is 0 Å². The van der Waals surface area contributed by atoms with Crippen LogP contribution in [0.25, 0.3) is 0 Å². The fourth-order valence-corrected chi connectivity index (χ4v) is 1.13. The number of hydrogen-bond donors (Lipinski definition) is 2. The molecule has 15 heavy (non-hydrogen) atoms. The predicted octanol–water partition coefficient (Wildman–Crippen LogP) is 0.632. The topological polar surface area (TPSA) is 66.4 Å². The molecule has 0 aromatic heterocycles. The minimum Gasteiger partial charge on any atom is -0.367 e. The Bertz CT molecular complexity index is 370. The quantitative estimate of drug-likeness (QED) is 0.564. The van der Waals surface area contributed by atoms with Crippen LogP contribution in [0.15, 0.2) is 24.3 Å². The fourth-order valence-electron chi connectivity index (χ4n) is 1.13. The molecule has 1 aromatic carbocycles. The minimum atomic E-state index is -1.47. The third-order valence-corrected chi connectivity index (χ3v) is 1.92. The molecule has 0 aliphatic rings. The molecule has 1 aromatic rings. The van der Waals surface area contributed by atoms with E-state index in [9.17, 15) is 14.7 Å². The molecule has 0 saturated carbocycles. The summed E-state index contributed by atoms with van der Waals surface area (Å²) >= 11 is 0. The molecule has 4 heteroatoms. The van der Waals surface area contributed by atoms with E-state index >= 15 is 0 Å². The first-order valence-electron chi connectivity index (χ1n) is 4.57. The molecule has 1 rings (SSSR count). The Hall–Kier alpha value is -1.68. The van der Waals surface area contributed by atoms with Crippen LogP contribution in [0, 0.1) is 6.92 Å². The van der Waals surface area contributed by atoms with E-state index in [1.54, 1.807) is 24.3 Å². The Kier molecular flexibility index (Phi) is 3.57. The molecule has 80 valence electrons. The zero-order valence-corrected chi connectivity index (χ0v) is 8.65. The van der Waals surface area contributed by atoms with E-state index in [1.807, 2.05) is 6.92 Å². The van der Waals surface area contributed by atoms with Crippen molar-refractivity contribution in [3.63, 3.8) is 0 Å². The van der Waals surface area contributed by atoms with Crippen LogP contribution in [0.3, 0.4) is 0 Å². The smallest absolute Gasteiger partial charge is 0.219 e. The summed E-state index contributed by atoms with van der Waals surface area (Å²) in [6.07, 6.45) is -1.47. The number of rotatable bonds is 3. The minimum absolute atomic E-state index is 0.377. The summed E-state index contributed by atoms with van der Waals surface area (Å²) in [7, 11) is 0. The molecule has 4 nitrogen and oxygen atoms in total. The van der Waals surface area contributed by atoms with Gasteiger partial charge in [-0.15, -0.1) is 0 Å². The number of nitrogens with one attached hydrogen (secondary N) is 1. The SMILES string of the molecule is CC(=O)N[C@H](O)C(=O)c1ccc(C)cc1. The molecule has 0 fully saturated rings. The van der Waals surface area contributed by atoms with Crippen molar-refractivity contribution in [2.75, 3.05) is 0 Å². The molecular formula is C11H13NO3. The van der Waals surface area contributed by atoms with Gasteiger partial charge in [0.1, 0.15) is 0 Å². The maximum absolute atomic E-state index is 11.5. The number of Topliss-reactive ketones (excluding diaryl/α,β-unsaturated/α-hetero) is 1. The lowest BCUT2D eigenvalue weighted by atomic mass is 10.1. The highest BCUT2D eigenvalue weighted by atomic mass is 16.3. The average Bonchev–Trinajstić information content (AvgIpc) is 2.17. The lowest BCUT2D eigenvalue weighted by Gasteiger charge is -2.09. The first-order valence-corrected chi connectivity index (χ1v) is 4.57. The third-order valence-electron chi connectivity index (χ3n) is 1.92. The van der Waals surface area contributed by atoms with Crippen molar-refractivity contribution in [2.24, 2.45) is 0 Å². The molecule has 0 saturated heterocycles. The van der Waals surface area contributed by atoms with Crippen LogP contribution in [0.1, 0.15) is 22.8 Å². The third kappa shape index (κ3) is 3.18. The van der Waals surface area contributed by atoms with E-state index in [4.69, 9.17) is 0 Å². The molecule has 0 heterocycles. The Balaban J connectivity index is 2.76. The summed E-state index contributed by atoms with van der Waals surface area (Å²) in [5.41, 5.74) is 1.41. The molecule has 0 radical (unpaired) electrons. The van der Waals surface area contributed by atoms with Gasteiger partial charge in [-0.2, -0.15) is 0 Å². The lowest BCUT2D eigenvalue weighted by Crippen LogP contribution is -2.39. The summed E-state index contributed by atoms with van der Waals surface area (Å²) in [6, 6.07) is 6.77. The number of amides is 1. The standard InChI is InChI=1S/C11H13NO3/c1-7-3-5-9(6-4-7)10(14)11(15)12-8(2)13/h3-6,11,15H,1-2H3,(H,12,13)/t11-/m1/s1. The van der Waals surface area contributed by atoms with Crippen molar-refractivity contribution in [3.05, 3.63) is 35.4 Å². The van der Waals surface area contributed by atoms with E-state index in [0.29, 0.717) is 5.56 Å². The van der Waals surface area contributed by atoms with Gasteiger partial charge in [-0.05, 0) is 6.92 Å². The molecule has 2 N–H and O–H groups in total. The van der Waals surface area contributed by atoms with Gasteiger partial charge >= 0.3 is 0 Å². The van der Waals surface area contributed by atoms with Crippen molar-refractivity contribution < 1.29 is 14.7 Å². The lowest BCUT2D eigenvalue weighted by molar-refractivity contribution is -0.121. The first kappa shape index (κ1) is 11.4. The van der Waals surface area contributed by atoms with Crippen molar-refractivity contribution in [3.8, 4) is 0 Å². The number of ketones is 1. The zero-order chi connectivity index (χ0) is 11.4. The number of aliphatic hydroxyl groups excluding tert-OH is 1. The van der Waals surface area contributed by atoms with Gasteiger partial charge in [-0.1, -0.05) is 29.8 Å². The summed E-state index contributed by atoms with van der Waals surface area (Å²) in [5.74, 6) is -0.951. The number of carbonyl (C=O) groups is 2. The first-order chi connectivity index (χ1) is 7.00. The summed E-state index contributed by atoms with van der Waals surface area (Å²) in [5, 5.41) is 11.5. The van der Waals surface area contributed by atoms with Gasteiger partial charge in [0, 0.05) is 12.5 Å². The number of benzene rings is 1. The highest BCUT2D eigenvalue weighted by Gasteiger charge is 2.17. The van der Waals surface area contributed by atoms with Crippen LogP contribution >= 0.6 is 0 Å². The maximum Gasteiger partial charge on any atom is 0.219 e. The Labute approximate surface area is 87.9 Å². The van der Waals surface area contributed by atoms with E-state index in [2.05, 4.69) is 5.32 Å². The van der Waals surface area contributed by atoms with Crippen molar-refractivity contribution in [1.82, 2.24) is 5.32 Å². The molecule has 0 aliphatic heterocycles. The van der Waals surface area contributed by atoms with E-state index in [1.165, 1.54) is 6.92 Å². The van der Waals surface area contributed by atoms with E-state index < -0.39 is 17.9 Å². The van der Waals surface area contributed by atoms with Crippen molar-refractivity contribution in [1.29, 1.82) is 0 Å². The second-order valence-corrected chi connectivity index (χ2v) is 3.33. The van der Waals surface area contributed by atoms with Crippen LogP contribution < -0.4 is 5.32 Å². The monoisotopic (exact) mass is 207 g/mol. The Morgan fingerprint density at radius 3 is 2.27 bits per heavy atom. The molecular weight excluding hydrogens is 194 g/mol. The van der Waals surface area contributed by atoms with Crippen LogP contribution in [0.4, 0.5) is 0 Å². The number of aliphatic hydroxyl groups is 1. The molecule has 1 amide bonds. The highest BCUT2D eigenvalue weighted by molar-refractivity contribution is 6.00. The average molecular weight is 207 g/mol. The largest absolute Gasteiger partial charge is 0.367 e.